The van der Waals surface area contributed by atoms with Crippen LogP contribution in [0.5, 0.6) is 0 Å². The molecule has 0 aromatic heterocycles. The maximum atomic E-state index is 12.3. The Morgan fingerprint density at radius 3 is 2.07 bits per heavy atom. The molecule has 0 amide bonds. The SMILES string of the molecule is CC1=C(C(F)(F)F)C=CCC1C(F)(F)F. The van der Waals surface area contributed by atoms with Gasteiger partial charge in [0.1, 0.15) is 0 Å². The maximum Gasteiger partial charge on any atom is 0.416 e. The molecule has 0 aliphatic heterocycles. The van der Waals surface area contributed by atoms with Crippen molar-refractivity contribution in [2.75, 3.05) is 0 Å². The highest BCUT2D eigenvalue weighted by molar-refractivity contribution is 5.34. The minimum Gasteiger partial charge on any atom is -0.170 e. The van der Waals surface area contributed by atoms with Crippen molar-refractivity contribution in [3.05, 3.63) is 23.3 Å². The van der Waals surface area contributed by atoms with Crippen LogP contribution in [-0.2, 0) is 0 Å². The van der Waals surface area contributed by atoms with E-state index >= 15 is 0 Å². The van der Waals surface area contributed by atoms with Gasteiger partial charge in [0, 0.05) is 0 Å². The second-order valence-corrected chi connectivity index (χ2v) is 3.33. The lowest BCUT2D eigenvalue weighted by molar-refractivity contribution is -0.165. The fraction of sp³-hybridized carbons (Fsp3) is 0.556. The summed E-state index contributed by atoms with van der Waals surface area (Å²) in [5, 5.41) is 0. The maximum absolute atomic E-state index is 12.3. The number of hydrogen-bond acceptors (Lipinski definition) is 0. The van der Waals surface area contributed by atoms with Crippen LogP contribution in [0.25, 0.3) is 0 Å². The summed E-state index contributed by atoms with van der Waals surface area (Å²) in [6.45, 7) is 0.879. The lowest BCUT2D eigenvalue weighted by Gasteiger charge is -2.25. The van der Waals surface area contributed by atoms with Gasteiger partial charge in [0.05, 0.1) is 11.5 Å². The minimum atomic E-state index is -4.72. The van der Waals surface area contributed by atoms with Gasteiger partial charge < -0.3 is 0 Å². The number of rotatable bonds is 0. The summed E-state index contributed by atoms with van der Waals surface area (Å²) in [6.07, 6.45) is -8.14. The molecule has 0 N–H and O–H groups in total. The zero-order valence-corrected chi connectivity index (χ0v) is 7.71. The summed E-state index contributed by atoms with van der Waals surface area (Å²) in [5.74, 6) is -2.01. The van der Waals surface area contributed by atoms with Gasteiger partial charge in [0.15, 0.2) is 0 Å². The fourth-order valence-electron chi connectivity index (χ4n) is 1.52. The van der Waals surface area contributed by atoms with Gasteiger partial charge in [0.2, 0.25) is 0 Å². The largest absolute Gasteiger partial charge is 0.416 e. The van der Waals surface area contributed by atoms with Crippen LogP contribution >= 0.6 is 0 Å². The standard InChI is InChI=1S/C9H8F6/c1-5-6(8(10,11)12)3-2-4-7(5)9(13,14)15/h2-3,7H,4H2,1H3. The monoisotopic (exact) mass is 230 g/mol. The topological polar surface area (TPSA) is 0 Å². The molecular formula is C9H8F6. The van der Waals surface area contributed by atoms with E-state index in [-0.39, 0.29) is 0 Å². The van der Waals surface area contributed by atoms with E-state index in [0.29, 0.717) is 6.08 Å². The Morgan fingerprint density at radius 1 is 1.13 bits per heavy atom. The highest BCUT2D eigenvalue weighted by Crippen LogP contribution is 2.42. The smallest absolute Gasteiger partial charge is 0.170 e. The van der Waals surface area contributed by atoms with Gasteiger partial charge in [-0.25, -0.2) is 0 Å². The number of alkyl halides is 6. The van der Waals surface area contributed by atoms with Crippen LogP contribution in [0.1, 0.15) is 13.3 Å². The average Bonchev–Trinajstić information content (AvgIpc) is 1.99. The number of allylic oxidation sites excluding steroid dienone is 4. The van der Waals surface area contributed by atoms with E-state index in [9.17, 15) is 26.3 Å². The summed E-state index contributed by atoms with van der Waals surface area (Å²) in [6, 6.07) is 0. The van der Waals surface area contributed by atoms with E-state index in [0.717, 1.165) is 13.0 Å². The highest BCUT2D eigenvalue weighted by Gasteiger charge is 2.45. The Balaban J connectivity index is 3.11. The van der Waals surface area contributed by atoms with Crippen LogP contribution in [-0.4, -0.2) is 12.4 Å². The van der Waals surface area contributed by atoms with Crippen molar-refractivity contribution < 1.29 is 26.3 Å². The molecule has 1 unspecified atom stereocenters. The van der Waals surface area contributed by atoms with E-state index in [1.165, 1.54) is 0 Å². The molecule has 0 saturated heterocycles. The molecule has 86 valence electrons. The first-order valence-electron chi connectivity index (χ1n) is 4.15. The third-order valence-electron chi connectivity index (χ3n) is 2.30. The van der Waals surface area contributed by atoms with E-state index in [2.05, 4.69) is 0 Å². The summed E-state index contributed by atoms with van der Waals surface area (Å²) in [5.41, 5.74) is -1.84. The molecule has 0 radical (unpaired) electrons. The van der Waals surface area contributed by atoms with Crippen molar-refractivity contribution >= 4 is 0 Å². The van der Waals surface area contributed by atoms with Crippen molar-refractivity contribution in [1.82, 2.24) is 0 Å². The first-order valence-corrected chi connectivity index (χ1v) is 4.15. The zero-order valence-electron chi connectivity index (χ0n) is 7.71. The van der Waals surface area contributed by atoms with Crippen molar-refractivity contribution in [1.29, 1.82) is 0 Å². The van der Waals surface area contributed by atoms with Gasteiger partial charge in [-0.3, -0.25) is 0 Å². The zero-order chi connectivity index (χ0) is 11.9. The Morgan fingerprint density at radius 2 is 1.67 bits per heavy atom. The lowest BCUT2D eigenvalue weighted by atomic mass is 9.87. The van der Waals surface area contributed by atoms with E-state index in [1.807, 2.05) is 0 Å². The third kappa shape index (κ3) is 2.54. The molecule has 1 rings (SSSR count). The Labute approximate surface area is 82.3 Å². The Bertz CT molecular complexity index is 304. The second kappa shape index (κ2) is 3.57. The van der Waals surface area contributed by atoms with E-state index < -0.39 is 35.8 Å². The molecular weight excluding hydrogens is 222 g/mol. The van der Waals surface area contributed by atoms with E-state index in [1.54, 1.807) is 0 Å². The number of halogens is 6. The molecule has 0 saturated carbocycles. The first kappa shape index (κ1) is 12.1. The van der Waals surface area contributed by atoms with Crippen molar-refractivity contribution in [3.8, 4) is 0 Å². The first-order chi connectivity index (χ1) is 6.64. The summed E-state index contributed by atoms with van der Waals surface area (Å²) in [4.78, 5) is 0. The van der Waals surface area contributed by atoms with Crippen LogP contribution < -0.4 is 0 Å². The fourth-order valence-corrected chi connectivity index (χ4v) is 1.52. The average molecular weight is 230 g/mol. The number of hydrogen-bond donors (Lipinski definition) is 0. The van der Waals surface area contributed by atoms with Crippen molar-refractivity contribution in [3.63, 3.8) is 0 Å². The van der Waals surface area contributed by atoms with Gasteiger partial charge in [-0.05, 0) is 18.9 Å². The molecule has 6 heteroatoms. The third-order valence-corrected chi connectivity index (χ3v) is 2.30. The summed E-state index contributed by atoms with van der Waals surface area (Å²) < 4.78 is 73.8. The van der Waals surface area contributed by atoms with E-state index in [4.69, 9.17) is 0 Å². The molecule has 0 aromatic rings. The summed E-state index contributed by atoms with van der Waals surface area (Å²) >= 11 is 0. The molecule has 0 spiro atoms. The van der Waals surface area contributed by atoms with Crippen molar-refractivity contribution in [2.45, 2.75) is 25.7 Å². The highest BCUT2D eigenvalue weighted by atomic mass is 19.4. The quantitative estimate of drug-likeness (QED) is 0.551. The molecule has 15 heavy (non-hydrogen) atoms. The molecule has 0 aromatic carbocycles. The molecule has 0 fully saturated rings. The van der Waals surface area contributed by atoms with Crippen LogP contribution in [0.3, 0.4) is 0 Å². The van der Waals surface area contributed by atoms with Gasteiger partial charge >= 0.3 is 12.4 Å². The molecule has 0 heterocycles. The summed E-state index contributed by atoms with van der Waals surface area (Å²) in [7, 11) is 0. The molecule has 1 atom stereocenters. The van der Waals surface area contributed by atoms with Crippen LogP contribution in [0, 0.1) is 5.92 Å². The molecule has 1 aliphatic rings. The molecule has 0 nitrogen and oxygen atoms in total. The van der Waals surface area contributed by atoms with Crippen LogP contribution in [0.15, 0.2) is 23.3 Å². The molecule has 1 aliphatic carbocycles. The van der Waals surface area contributed by atoms with Crippen LogP contribution in [0.4, 0.5) is 26.3 Å². The van der Waals surface area contributed by atoms with Gasteiger partial charge in [0.25, 0.3) is 0 Å². The minimum absolute atomic E-state index is 0.422. The van der Waals surface area contributed by atoms with Crippen molar-refractivity contribution in [2.24, 2.45) is 5.92 Å². The predicted molar refractivity (Wildman–Crippen MR) is 42.1 cm³/mol. The van der Waals surface area contributed by atoms with Gasteiger partial charge in [-0.2, -0.15) is 26.3 Å². The van der Waals surface area contributed by atoms with Crippen LogP contribution in [0.2, 0.25) is 0 Å². The normalized spacial score (nSPS) is 23.5. The van der Waals surface area contributed by atoms with Gasteiger partial charge in [-0.1, -0.05) is 12.2 Å². The Kier molecular flexibility index (Phi) is 2.89. The Hall–Kier alpha value is -0.940. The second-order valence-electron chi connectivity index (χ2n) is 3.33. The van der Waals surface area contributed by atoms with Gasteiger partial charge in [-0.15, -0.1) is 0 Å². The predicted octanol–water partition coefficient (Wildman–Crippen LogP) is 4.00. The molecule has 0 bridgehead atoms. The lowest BCUT2D eigenvalue weighted by Crippen LogP contribution is -2.28.